The molecule has 0 aliphatic carbocycles. The molecule has 13 heteroatoms. The van der Waals surface area contributed by atoms with E-state index in [0.29, 0.717) is 31.6 Å². The van der Waals surface area contributed by atoms with Gasteiger partial charge in [-0.05, 0) is 43.6 Å². The standard InChI is InChI=1S/C22H37N5O7S/c1-13(2)10-16(26-22(34)17-6-5-8-27(17)14(3)28)21(33)23-11-18(29)25-15(7-9-35-4)20(32)24-12-19(30)31/h13,15-17H,5-12H2,1-4H3,(H,23,33)(H,24,32)(H,25,29)(H,26,34)(H,30,31). The first-order chi connectivity index (χ1) is 16.5. The van der Waals surface area contributed by atoms with Crippen molar-refractivity contribution in [1.82, 2.24) is 26.2 Å². The Kier molecular flexibility index (Phi) is 13.1. The number of carbonyl (C=O) groups excluding carboxylic acids is 5. The maximum atomic E-state index is 12.8. The molecule has 0 aromatic rings. The van der Waals surface area contributed by atoms with Crippen LogP contribution in [0.15, 0.2) is 0 Å². The average molecular weight is 516 g/mol. The van der Waals surface area contributed by atoms with Crippen molar-refractivity contribution in [2.24, 2.45) is 5.92 Å². The molecule has 3 atom stereocenters. The number of carbonyl (C=O) groups is 6. The van der Waals surface area contributed by atoms with Gasteiger partial charge in [-0.2, -0.15) is 11.8 Å². The van der Waals surface area contributed by atoms with Crippen LogP contribution in [0.4, 0.5) is 0 Å². The smallest absolute Gasteiger partial charge is 0.322 e. The molecular formula is C22H37N5O7S. The maximum Gasteiger partial charge on any atom is 0.322 e. The molecular weight excluding hydrogens is 478 g/mol. The lowest BCUT2D eigenvalue weighted by Gasteiger charge is -2.26. The van der Waals surface area contributed by atoms with Crippen LogP contribution in [0.3, 0.4) is 0 Å². The van der Waals surface area contributed by atoms with E-state index in [9.17, 15) is 28.8 Å². The fraction of sp³-hybridized carbons (Fsp3) is 0.727. The van der Waals surface area contributed by atoms with E-state index >= 15 is 0 Å². The highest BCUT2D eigenvalue weighted by Gasteiger charge is 2.34. The third-order valence-electron chi connectivity index (χ3n) is 5.40. The molecule has 35 heavy (non-hydrogen) atoms. The Morgan fingerprint density at radius 1 is 1.00 bits per heavy atom. The van der Waals surface area contributed by atoms with Crippen LogP contribution in [0.5, 0.6) is 0 Å². The summed E-state index contributed by atoms with van der Waals surface area (Å²) in [6.07, 6.45) is 3.67. The molecule has 1 rings (SSSR count). The summed E-state index contributed by atoms with van der Waals surface area (Å²) in [7, 11) is 0. The van der Waals surface area contributed by atoms with E-state index in [2.05, 4.69) is 21.3 Å². The van der Waals surface area contributed by atoms with Gasteiger partial charge in [-0.1, -0.05) is 13.8 Å². The van der Waals surface area contributed by atoms with Crippen molar-refractivity contribution < 1.29 is 33.9 Å². The Bertz CT molecular complexity index is 792. The van der Waals surface area contributed by atoms with Gasteiger partial charge in [0.2, 0.25) is 29.5 Å². The van der Waals surface area contributed by atoms with E-state index in [1.165, 1.54) is 23.6 Å². The summed E-state index contributed by atoms with van der Waals surface area (Å²) in [5.41, 5.74) is 0. The molecule has 0 spiro atoms. The van der Waals surface area contributed by atoms with Crippen molar-refractivity contribution in [3.8, 4) is 0 Å². The number of likely N-dealkylation sites (tertiary alicyclic amines) is 1. The Balaban J connectivity index is 2.71. The number of aliphatic carboxylic acids is 1. The summed E-state index contributed by atoms with van der Waals surface area (Å²) >= 11 is 1.46. The third kappa shape index (κ3) is 11.0. The molecule has 0 aromatic carbocycles. The number of nitrogens with zero attached hydrogens (tertiary/aromatic N) is 1. The van der Waals surface area contributed by atoms with E-state index in [-0.39, 0.29) is 18.2 Å². The zero-order valence-corrected chi connectivity index (χ0v) is 21.5. The van der Waals surface area contributed by atoms with Gasteiger partial charge in [-0.3, -0.25) is 28.8 Å². The van der Waals surface area contributed by atoms with Crippen molar-refractivity contribution in [1.29, 1.82) is 0 Å². The molecule has 5 N–H and O–H groups in total. The zero-order valence-electron chi connectivity index (χ0n) is 20.7. The zero-order chi connectivity index (χ0) is 26.5. The monoisotopic (exact) mass is 515 g/mol. The van der Waals surface area contributed by atoms with Crippen molar-refractivity contribution in [3.63, 3.8) is 0 Å². The number of nitrogens with one attached hydrogen (secondary N) is 4. The van der Waals surface area contributed by atoms with Gasteiger partial charge in [0.15, 0.2) is 0 Å². The van der Waals surface area contributed by atoms with Gasteiger partial charge < -0.3 is 31.3 Å². The molecule has 1 saturated heterocycles. The topological polar surface area (TPSA) is 174 Å². The van der Waals surface area contributed by atoms with E-state index in [1.807, 2.05) is 20.1 Å². The molecule has 0 bridgehead atoms. The minimum absolute atomic E-state index is 0.0706. The predicted octanol–water partition coefficient (Wildman–Crippen LogP) is -0.917. The number of hydrogen-bond acceptors (Lipinski definition) is 7. The average Bonchev–Trinajstić information content (AvgIpc) is 3.28. The summed E-state index contributed by atoms with van der Waals surface area (Å²) in [4.78, 5) is 74.1. The molecule has 198 valence electrons. The van der Waals surface area contributed by atoms with Crippen molar-refractivity contribution >= 4 is 47.3 Å². The third-order valence-corrected chi connectivity index (χ3v) is 6.04. The minimum atomic E-state index is -1.21. The van der Waals surface area contributed by atoms with Gasteiger partial charge in [0, 0.05) is 13.5 Å². The fourth-order valence-corrected chi connectivity index (χ4v) is 4.18. The van der Waals surface area contributed by atoms with Gasteiger partial charge in [0.05, 0.1) is 6.54 Å². The van der Waals surface area contributed by atoms with Gasteiger partial charge in [0.25, 0.3) is 0 Å². The van der Waals surface area contributed by atoms with Gasteiger partial charge in [0.1, 0.15) is 24.7 Å². The summed E-state index contributed by atoms with van der Waals surface area (Å²) in [5.74, 6) is -2.99. The molecule has 0 aromatic heterocycles. The number of carboxylic acid groups (broad SMARTS) is 1. The summed E-state index contributed by atoms with van der Waals surface area (Å²) in [6, 6.07) is -2.46. The van der Waals surface area contributed by atoms with Crippen LogP contribution in [-0.4, -0.2) is 95.3 Å². The van der Waals surface area contributed by atoms with Crippen molar-refractivity contribution in [3.05, 3.63) is 0 Å². The highest BCUT2D eigenvalue weighted by Crippen LogP contribution is 2.18. The van der Waals surface area contributed by atoms with E-state index in [1.54, 1.807) is 0 Å². The predicted molar refractivity (Wildman–Crippen MR) is 130 cm³/mol. The Morgan fingerprint density at radius 2 is 1.63 bits per heavy atom. The number of rotatable bonds is 14. The summed E-state index contributed by atoms with van der Waals surface area (Å²) in [6.45, 7) is 4.68. The Labute approximate surface area is 209 Å². The van der Waals surface area contributed by atoms with Gasteiger partial charge >= 0.3 is 5.97 Å². The molecule has 0 saturated carbocycles. The molecule has 1 heterocycles. The highest BCUT2D eigenvalue weighted by molar-refractivity contribution is 7.98. The molecule has 12 nitrogen and oxygen atoms in total. The number of thioether (sulfide) groups is 1. The first-order valence-corrected chi connectivity index (χ1v) is 13.0. The highest BCUT2D eigenvalue weighted by atomic mass is 32.2. The number of amides is 5. The first kappa shape index (κ1) is 30.2. The largest absolute Gasteiger partial charge is 0.480 e. The van der Waals surface area contributed by atoms with Gasteiger partial charge in [-0.15, -0.1) is 0 Å². The lowest BCUT2D eigenvalue weighted by molar-refractivity contribution is -0.138. The molecule has 3 unspecified atom stereocenters. The fourth-order valence-electron chi connectivity index (χ4n) is 3.71. The van der Waals surface area contributed by atoms with Crippen LogP contribution < -0.4 is 21.3 Å². The van der Waals surface area contributed by atoms with E-state index < -0.39 is 60.8 Å². The molecule has 1 aliphatic rings. The van der Waals surface area contributed by atoms with E-state index in [4.69, 9.17) is 5.11 Å². The maximum absolute atomic E-state index is 12.8. The van der Waals surface area contributed by atoms with Crippen LogP contribution >= 0.6 is 11.8 Å². The summed E-state index contributed by atoms with van der Waals surface area (Å²) in [5, 5.41) is 18.7. The minimum Gasteiger partial charge on any atom is -0.480 e. The van der Waals surface area contributed by atoms with Crippen LogP contribution in [0, 0.1) is 5.92 Å². The van der Waals surface area contributed by atoms with Crippen LogP contribution in [0.2, 0.25) is 0 Å². The van der Waals surface area contributed by atoms with E-state index in [0.717, 1.165) is 0 Å². The molecule has 1 aliphatic heterocycles. The quantitative estimate of drug-likeness (QED) is 0.197. The number of carboxylic acids is 1. The van der Waals surface area contributed by atoms with Crippen LogP contribution in [0.1, 0.15) is 46.5 Å². The van der Waals surface area contributed by atoms with Crippen molar-refractivity contribution in [2.45, 2.75) is 64.6 Å². The lowest BCUT2D eigenvalue weighted by atomic mass is 10.0. The molecule has 0 radical (unpaired) electrons. The van der Waals surface area contributed by atoms with Gasteiger partial charge in [-0.25, -0.2) is 0 Å². The van der Waals surface area contributed by atoms with Crippen molar-refractivity contribution in [2.75, 3.05) is 31.6 Å². The second-order valence-corrected chi connectivity index (χ2v) is 9.78. The Hall–Kier alpha value is -2.83. The van der Waals surface area contributed by atoms with Crippen LogP contribution in [-0.2, 0) is 28.8 Å². The SMILES string of the molecule is CSCCC(NC(=O)CNC(=O)C(CC(C)C)NC(=O)C1CCCN1C(C)=O)C(=O)NCC(=O)O. The second-order valence-electron chi connectivity index (χ2n) is 8.79. The number of hydrogen-bond donors (Lipinski definition) is 5. The Morgan fingerprint density at radius 3 is 2.20 bits per heavy atom. The van der Waals surface area contributed by atoms with Crippen LogP contribution in [0.25, 0.3) is 0 Å². The molecule has 1 fully saturated rings. The lowest BCUT2D eigenvalue weighted by Crippen LogP contribution is -2.55. The second kappa shape index (κ2) is 15.2. The summed E-state index contributed by atoms with van der Waals surface area (Å²) < 4.78 is 0. The molecule has 5 amide bonds. The normalized spacial score (nSPS) is 16.8. The first-order valence-electron chi connectivity index (χ1n) is 11.6.